The van der Waals surface area contributed by atoms with Gasteiger partial charge in [0.2, 0.25) is 0 Å². The molecular formula is C23H32FNO2. The van der Waals surface area contributed by atoms with Gasteiger partial charge in [-0.05, 0) is 56.5 Å². The minimum atomic E-state index is -1.03. The molecule has 0 saturated heterocycles. The smallest absolute Gasteiger partial charge is 0.418 e. The van der Waals surface area contributed by atoms with Gasteiger partial charge >= 0.3 is 6.09 Å². The Hall–Kier alpha value is -2.10. The third-order valence-corrected chi connectivity index (χ3v) is 4.59. The van der Waals surface area contributed by atoms with E-state index in [2.05, 4.69) is 13.5 Å². The molecule has 2 rings (SSSR count). The average Bonchev–Trinajstić information content (AvgIpc) is 3.02. The summed E-state index contributed by atoms with van der Waals surface area (Å²) in [5.41, 5.74) is 1.49. The van der Waals surface area contributed by atoms with Crippen LogP contribution in [-0.2, 0) is 4.74 Å². The summed E-state index contributed by atoms with van der Waals surface area (Å²) in [7, 11) is 0. The van der Waals surface area contributed by atoms with Crippen LogP contribution in [0.15, 0.2) is 37.0 Å². The Labute approximate surface area is 162 Å². The highest BCUT2D eigenvalue weighted by molar-refractivity contribution is 5.91. The number of carbonyl (C=O) groups excluding carboxylic acids is 1. The van der Waals surface area contributed by atoms with Crippen molar-refractivity contribution in [2.75, 3.05) is 0 Å². The number of aromatic nitrogens is 1. The third kappa shape index (κ3) is 5.95. The summed E-state index contributed by atoms with van der Waals surface area (Å²) in [6.07, 6.45) is 6.27. The fourth-order valence-corrected chi connectivity index (χ4v) is 3.09. The van der Waals surface area contributed by atoms with E-state index in [9.17, 15) is 9.18 Å². The summed E-state index contributed by atoms with van der Waals surface area (Å²) in [6, 6.07) is 7.39. The van der Waals surface area contributed by atoms with Crippen molar-refractivity contribution in [1.29, 1.82) is 0 Å². The molecule has 3 nitrogen and oxygen atoms in total. The maximum Gasteiger partial charge on any atom is 0.418 e. The van der Waals surface area contributed by atoms with Gasteiger partial charge in [0.25, 0.3) is 0 Å². The standard InChI is InChI=1S/C23H32FNO2/c1-6-7-8-9-10-11-20(24)17(2)18-12-13-21-19(16-18)14-15-25(21)22(26)27-23(3,4)5/h12-16,20H,2,6-11H2,1,3-5H3. The van der Waals surface area contributed by atoms with E-state index in [-0.39, 0.29) is 0 Å². The molecule has 1 aromatic carbocycles. The number of halogens is 1. The summed E-state index contributed by atoms with van der Waals surface area (Å²) in [5, 5.41) is 0.870. The highest BCUT2D eigenvalue weighted by Crippen LogP contribution is 2.27. The summed E-state index contributed by atoms with van der Waals surface area (Å²) in [4.78, 5) is 12.3. The summed E-state index contributed by atoms with van der Waals surface area (Å²) < 4.78 is 21.4. The number of ether oxygens (including phenoxy) is 1. The molecule has 0 radical (unpaired) electrons. The second kappa shape index (κ2) is 9.20. The fourth-order valence-electron chi connectivity index (χ4n) is 3.09. The number of rotatable bonds is 8. The van der Waals surface area contributed by atoms with E-state index in [1.54, 1.807) is 6.20 Å². The normalized spacial score (nSPS) is 12.9. The molecule has 2 aromatic rings. The molecule has 0 N–H and O–H groups in total. The van der Waals surface area contributed by atoms with Gasteiger partial charge in [-0.2, -0.15) is 0 Å². The molecule has 0 amide bonds. The van der Waals surface area contributed by atoms with E-state index < -0.39 is 17.9 Å². The average molecular weight is 374 g/mol. The zero-order valence-electron chi connectivity index (χ0n) is 17.1. The molecule has 1 aromatic heterocycles. The van der Waals surface area contributed by atoms with Crippen LogP contribution in [0.25, 0.3) is 16.5 Å². The summed E-state index contributed by atoms with van der Waals surface area (Å²) in [5.74, 6) is 0. The molecule has 0 aliphatic rings. The molecule has 0 spiro atoms. The van der Waals surface area contributed by atoms with Crippen LogP contribution in [0, 0.1) is 0 Å². The number of nitrogens with zero attached hydrogens (tertiary/aromatic N) is 1. The second-order valence-electron chi connectivity index (χ2n) is 8.14. The number of alkyl halides is 1. The number of allylic oxidation sites excluding steroid dienone is 1. The first-order chi connectivity index (χ1) is 12.7. The topological polar surface area (TPSA) is 31.2 Å². The molecule has 1 atom stereocenters. The van der Waals surface area contributed by atoms with Crippen molar-refractivity contribution >= 4 is 22.6 Å². The van der Waals surface area contributed by atoms with E-state index in [4.69, 9.17) is 4.74 Å². The highest BCUT2D eigenvalue weighted by atomic mass is 19.1. The minimum absolute atomic E-state index is 0.417. The van der Waals surface area contributed by atoms with Gasteiger partial charge in [0, 0.05) is 11.6 Å². The molecule has 0 aliphatic carbocycles. The van der Waals surface area contributed by atoms with Crippen LogP contribution >= 0.6 is 0 Å². The molecule has 1 heterocycles. The number of carbonyl (C=O) groups is 1. The molecule has 0 aliphatic heterocycles. The lowest BCUT2D eigenvalue weighted by Gasteiger charge is -2.19. The second-order valence-corrected chi connectivity index (χ2v) is 8.14. The summed E-state index contributed by atoms with van der Waals surface area (Å²) >= 11 is 0. The Morgan fingerprint density at radius 2 is 1.89 bits per heavy atom. The number of benzene rings is 1. The zero-order chi connectivity index (χ0) is 20.0. The first-order valence-corrected chi connectivity index (χ1v) is 9.90. The van der Waals surface area contributed by atoms with E-state index in [0.29, 0.717) is 12.0 Å². The van der Waals surface area contributed by atoms with Gasteiger partial charge in [0.15, 0.2) is 0 Å². The summed E-state index contributed by atoms with van der Waals surface area (Å²) in [6.45, 7) is 11.6. The van der Waals surface area contributed by atoms with Gasteiger partial charge < -0.3 is 4.74 Å². The maximum absolute atomic E-state index is 14.5. The van der Waals surface area contributed by atoms with Crippen LogP contribution in [0.2, 0.25) is 0 Å². The van der Waals surface area contributed by atoms with Gasteiger partial charge in [-0.3, -0.25) is 4.57 Å². The van der Waals surface area contributed by atoms with Crippen molar-refractivity contribution in [3.05, 3.63) is 42.6 Å². The lowest BCUT2D eigenvalue weighted by molar-refractivity contribution is 0.0544. The lowest BCUT2D eigenvalue weighted by Crippen LogP contribution is -2.26. The number of hydrogen-bond donors (Lipinski definition) is 0. The van der Waals surface area contributed by atoms with Crippen LogP contribution in [0.3, 0.4) is 0 Å². The van der Waals surface area contributed by atoms with Crippen LogP contribution in [0.5, 0.6) is 0 Å². The number of hydrogen-bond acceptors (Lipinski definition) is 2. The van der Waals surface area contributed by atoms with Crippen molar-refractivity contribution in [3.8, 4) is 0 Å². The molecular weight excluding hydrogens is 341 g/mol. The van der Waals surface area contributed by atoms with Gasteiger partial charge in [0.1, 0.15) is 11.8 Å². The molecule has 148 valence electrons. The Bertz CT molecular complexity index is 785. The number of unbranched alkanes of at least 4 members (excludes halogenated alkanes) is 4. The van der Waals surface area contributed by atoms with E-state index in [1.807, 2.05) is 45.0 Å². The molecule has 0 fully saturated rings. The van der Waals surface area contributed by atoms with Crippen molar-refractivity contribution < 1.29 is 13.9 Å². The molecule has 1 unspecified atom stereocenters. The Morgan fingerprint density at radius 3 is 2.56 bits per heavy atom. The van der Waals surface area contributed by atoms with Crippen LogP contribution < -0.4 is 0 Å². The van der Waals surface area contributed by atoms with Crippen molar-refractivity contribution in [1.82, 2.24) is 4.57 Å². The fraction of sp³-hybridized carbons (Fsp3) is 0.522. The largest absolute Gasteiger partial charge is 0.443 e. The Kier molecular flexibility index (Phi) is 7.23. The van der Waals surface area contributed by atoms with Crippen molar-refractivity contribution in [3.63, 3.8) is 0 Å². The predicted molar refractivity (Wildman–Crippen MR) is 111 cm³/mol. The van der Waals surface area contributed by atoms with Gasteiger partial charge in [-0.15, -0.1) is 0 Å². The monoisotopic (exact) mass is 373 g/mol. The SMILES string of the molecule is C=C(c1ccc2c(ccn2C(=O)OC(C)(C)C)c1)C(F)CCCCCCC. The molecule has 27 heavy (non-hydrogen) atoms. The third-order valence-electron chi connectivity index (χ3n) is 4.59. The van der Waals surface area contributed by atoms with Crippen molar-refractivity contribution in [2.45, 2.75) is 78.0 Å². The van der Waals surface area contributed by atoms with E-state index >= 15 is 0 Å². The van der Waals surface area contributed by atoms with Gasteiger partial charge in [0.05, 0.1) is 5.52 Å². The zero-order valence-corrected chi connectivity index (χ0v) is 17.1. The Morgan fingerprint density at radius 1 is 1.19 bits per heavy atom. The van der Waals surface area contributed by atoms with Crippen LogP contribution in [-0.4, -0.2) is 22.4 Å². The first-order valence-electron chi connectivity index (χ1n) is 9.90. The highest BCUT2D eigenvalue weighted by Gasteiger charge is 2.19. The maximum atomic E-state index is 14.5. The minimum Gasteiger partial charge on any atom is -0.443 e. The van der Waals surface area contributed by atoms with E-state index in [0.717, 1.165) is 29.3 Å². The van der Waals surface area contributed by atoms with Crippen LogP contribution in [0.4, 0.5) is 9.18 Å². The van der Waals surface area contributed by atoms with Crippen LogP contribution in [0.1, 0.15) is 71.8 Å². The quantitative estimate of drug-likeness (QED) is 0.461. The Balaban J connectivity index is 2.06. The lowest BCUT2D eigenvalue weighted by atomic mass is 9.98. The molecule has 4 heteroatoms. The van der Waals surface area contributed by atoms with Crippen molar-refractivity contribution in [2.24, 2.45) is 0 Å². The first kappa shape index (κ1) is 21.2. The predicted octanol–water partition coefficient (Wildman–Crippen LogP) is 7.14. The molecule has 0 bridgehead atoms. The van der Waals surface area contributed by atoms with Gasteiger partial charge in [-0.25, -0.2) is 9.18 Å². The van der Waals surface area contributed by atoms with Gasteiger partial charge in [-0.1, -0.05) is 51.7 Å². The molecule has 0 saturated carbocycles. The van der Waals surface area contributed by atoms with E-state index in [1.165, 1.54) is 23.8 Å². The number of fused-ring (bicyclic) bond motifs is 1.